The quantitative estimate of drug-likeness (QED) is 0.781. The molecule has 0 saturated heterocycles. The SMILES string of the molecule is COc1ccc(C2(CNC(=O)Nc3cccc(Cl)c3C)CC2)cc1OC. The van der Waals surface area contributed by atoms with Crippen molar-refractivity contribution in [2.24, 2.45) is 0 Å². The maximum atomic E-state index is 12.3. The summed E-state index contributed by atoms with van der Waals surface area (Å²) in [5.41, 5.74) is 2.67. The molecule has 3 rings (SSSR count). The van der Waals surface area contributed by atoms with E-state index < -0.39 is 0 Å². The van der Waals surface area contributed by atoms with Gasteiger partial charge in [0.2, 0.25) is 0 Å². The number of ether oxygens (including phenoxy) is 2. The molecule has 1 saturated carbocycles. The summed E-state index contributed by atoms with van der Waals surface area (Å²) in [6.07, 6.45) is 2.05. The molecule has 138 valence electrons. The van der Waals surface area contributed by atoms with Crippen molar-refractivity contribution in [3.63, 3.8) is 0 Å². The van der Waals surface area contributed by atoms with Crippen molar-refractivity contribution >= 4 is 23.3 Å². The second kappa shape index (κ2) is 7.46. The number of rotatable bonds is 6. The minimum absolute atomic E-state index is 0.0414. The van der Waals surface area contributed by atoms with E-state index in [1.54, 1.807) is 20.3 Å². The number of urea groups is 1. The highest BCUT2D eigenvalue weighted by Gasteiger charge is 2.44. The Bertz CT molecular complexity index is 819. The average molecular weight is 375 g/mol. The number of carbonyl (C=O) groups is 1. The average Bonchev–Trinajstić information content (AvgIpc) is 3.44. The number of amides is 2. The van der Waals surface area contributed by atoms with Crippen LogP contribution in [0.15, 0.2) is 36.4 Å². The molecule has 0 aliphatic heterocycles. The number of benzene rings is 2. The van der Waals surface area contributed by atoms with Gasteiger partial charge in [-0.05, 0) is 55.2 Å². The second-order valence-electron chi connectivity index (χ2n) is 6.57. The lowest BCUT2D eigenvalue weighted by Gasteiger charge is -2.19. The van der Waals surface area contributed by atoms with Gasteiger partial charge in [-0.3, -0.25) is 0 Å². The van der Waals surface area contributed by atoms with Gasteiger partial charge in [0.15, 0.2) is 11.5 Å². The summed E-state index contributed by atoms with van der Waals surface area (Å²) >= 11 is 6.10. The molecule has 0 spiro atoms. The van der Waals surface area contributed by atoms with E-state index in [2.05, 4.69) is 10.6 Å². The van der Waals surface area contributed by atoms with Gasteiger partial charge in [-0.25, -0.2) is 4.79 Å². The van der Waals surface area contributed by atoms with Crippen LogP contribution in [0.2, 0.25) is 5.02 Å². The molecule has 0 unspecified atom stereocenters. The van der Waals surface area contributed by atoms with Crippen LogP contribution < -0.4 is 20.1 Å². The van der Waals surface area contributed by atoms with Crippen molar-refractivity contribution in [1.82, 2.24) is 5.32 Å². The molecule has 26 heavy (non-hydrogen) atoms. The summed E-state index contributed by atoms with van der Waals surface area (Å²) in [6, 6.07) is 11.2. The molecule has 0 aromatic heterocycles. The normalized spacial score (nSPS) is 14.5. The molecule has 1 aliphatic rings. The lowest BCUT2D eigenvalue weighted by molar-refractivity contribution is 0.251. The largest absolute Gasteiger partial charge is 0.493 e. The van der Waals surface area contributed by atoms with Crippen LogP contribution in [0.1, 0.15) is 24.0 Å². The Morgan fingerprint density at radius 1 is 1.15 bits per heavy atom. The van der Waals surface area contributed by atoms with Crippen molar-refractivity contribution in [1.29, 1.82) is 0 Å². The number of hydrogen-bond acceptors (Lipinski definition) is 3. The number of carbonyl (C=O) groups excluding carboxylic acids is 1. The molecule has 0 heterocycles. The van der Waals surface area contributed by atoms with E-state index in [1.165, 1.54) is 0 Å². The highest BCUT2D eigenvalue weighted by molar-refractivity contribution is 6.31. The summed E-state index contributed by atoms with van der Waals surface area (Å²) in [6.45, 7) is 2.44. The summed E-state index contributed by atoms with van der Waals surface area (Å²) in [4.78, 5) is 12.3. The predicted molar refractivity (Wildman–Crippen MR) is 104 cm³/mol. The van der Waals surface area contributed by atoms with E-state index in [0.717, 1.165) is 24.0 Å². The van der Waals surface area contributed by atoms with E-state index in [1.807, 2.05) is 37.3 Å². The van der Waals surface area contributed by atoms with Crippen LogP contribution in [-0.2, 0) is 5.41 Å². The second-order valence-corrected chi connectivity index (χ2v) is 6.98. The highest BCUT2D eigenvalue weighted by atomic mass is 35.5. The monoisotopic (exact) mass is 374 g/mol. The van der Waals surface area contributed by atoms with Crippen LogP contribution in [0, 0.1) is 6.92 Å². The molecule has 6 heteroatoms. The van der Waals surface area contributed by atoms with Crippen LogP contribution in [-0.4, -0.2) is 26.8 Å². The first kappa shape index (κ1) is 18.4. The third-order valence-corrected chi connectivity index (χ3v) is 5.36. The van der Waals surface area contributed by atoms with Gasteiger partial charge in [-0.15, -0.1) is 0 Å². The Kier molecular flexibility index (Phi) is 5.28. The van der Waals surface area contributed by atoms with Crippen molar-refractivity contribution in [2.45, 2.75) is 25.2 Å². The molecule has 0 radical (unpaired) electrons. The predicted octanol–water partition coefficient (Wildman–Crippen LogP) is 4.52. The van der Waals surface area contributed by atoms with Gasteiger partial charge in [0, 0.05) is 22.7 Å². The standard InChI is InChI=1S/C20H23ClN2O3/c1-13-15(21)5-4-6-16(13)23-19(24)22-12-20(9-10-20)14-7-8-17(25-2)18(11-14)26-3/h4-8,11H,9-10,12H2,1-3H3,(H2,22,23,24). The first-order valence-electron chi connectivity index (χ1n) is 8.51. The van der Waals surface area contributed by atoms with E-state index >= 15 is 0 Å². The maximum Gasteiger partial charge on any atom is 0.319 e. The van der Waals surface area contributed by atoms with Gasteiger partial charge in [0.25, 0.3) is 0 Å². The minimum Gasteiger partial charge on any atom is -0.493 e. The molecule has 2 aromatic carbocycles. The minimum atomic E-state index is -0.234. The van der Waals surface area contributed by atoms with Crippen molar-refractivity contribution < 1.29 is 14.3 Å². The zero-order chi connectivity index (χ0) is 18.7. The molecule has 2 aromatic rings. The smallest absolute Gasteiger partial charge is 0.319 e. The number of hydrogen-bond donors (Lipinski definition) is 2. The molecular formula is C20H23ClN2O3. The molecule has 2 amide bonds. The number of nitrogens with one attached hydrogen (secondary N) is 2. The Morgan fingerprint density at radius 2 is 1.88 bits per heavy atom. The van der Waals surface area contributed by atoms with Crippen LogP contribution in [0.3, 0.4) is 0 Å². The number of methoxy groups -OCH3 is 2. The number of anilines is 1. The summed E-state index contributed by atoms with van der Waals surface area (Å²) in [7, 11) is 3.24. The fraction of sp³-hybridized carbons (Fsp3) is 0.350. The first-order chi connectivity index (χ1) is 12.5. The molecule has 0 atom stereocenters. The van der Waals surface area contributed by atoms with Gasteiger partial charge in [-0.1, -0.05) is 23.7 Å². The number of halogens is 1. The zero-order valence-electron chi connectivity index (χ0n) is 15.2. The Balaban J connectivity index is 1.65. The first-order valence-corrected chi connectivity index (χ1v) is 8.89. The molecule has 1 aliphatic carbocycles. The lowest BCUT2D eigenvalue weighted by atomic mass is 9.95. The molecule has 0 bridgehead atoms. The Morgan fingerprint density at radius 3 is 2.54 bits per heavy atom. The Labute approximate surface area is 158 Å². The maximum absolute atomic E-state index is 12.3. The molecule has 2 N–H and O–H groups in total. The van der Waals surface area contributed by atoms with Gasteiger partial charge in [-0.2, -0.15) is 0 Å². The third kappa shape index (κ3) is 3.73. The fourth-order valence-electron chi connectivity index (χ4n) is 3.04. The van der Waals surface area contributed by atoms with E-state index in [4.69, 9.17) is 21.1 Å². The van der Waals surface area contributed by atoms with Crippen LogP contribution >= 0.6 is 11.6 Å². The summed E-state index contributed by atoms with van der Waals surface area (Å²) in [5, 5.41) is 6.48. The van der Waals surface area contributed by atoms with Crippen LogP contribution in [0.5, 0.6) is 11.5 Å². The van der Waals surface area contributed by atoms with Crippen molar-refractivity contribution in [2.75, 3.05) is 26.1 Å². The fourth-order valence-corrected chi connectivity index (χ4v) is 3.22. The van der Waals surface area contributed by atoms with Crippen molar-refractivity contribution in [3.05, 3.63) is 52.5 Å². The van der Waals surface area contributed by atoms with E-state index in [9.17, 15) is 4.79 Å². The van der Waals surface area contributed by atoms with Crippen molar-refractivity contribution in [3.8, 4) is 11.5 Å². The lowest BCUT2D eigenvalue weighted by Crippen LogP contribution is -2.35. The Hall–Kier alpha value is -2.40. The highest BCUT2D eigenvalue weighted by Crippen LogP contribution is 2.49. The van der Waals surface area contributed by atoms with Gasteiger partial charge >= 0.3 is 6.03 Å². The molecule has 1 fully saturated rings. The van der Waals surface area contributed by atoms with Gasteiger partial charge in [0.1, 0.15) is 0 Å². The van der Waals surface area contributed by atoms with E-state index in [0.29, 0.717) is 28.8 Å². The topological polar surface area (TPSA) is 59.6 Å². The summed E-state index contributed by atoms with van der Waals surface area (Å²) in [5.74, 6) is 1.41. The zero-order valence-corrected chi connectivity index (χ0v) is 15.9. The summed E-state index contributed by atoms with van der Waals surface area (Å²) < 4.78 is 10.7. The van der Waals surface area contributed by atoms with Gasteiger partial charge in [0.05, 0.1) is 14.2 Å². The van der Waals surface area contributed by atoms with Gasteiger partial charge < -0.3 is 20.1 Å². The van der Waals surface area contributed by atoms with Crippen LogP contribution in [0.4, 0.5) is 10.5 Å². The third-order valence-electron chi connectivity index (χ3n) is 4.95. The molecular weight excluding hydrogens is 352 g/mol. The molecule has 5 nitrogen and oxygen atoms in total. The van der Waals surface area contributed by atoms with E-state index in [-0.39, 0.29) is 11.4 Å². The van der Waals surface area contributed by atoms with Crippen LogP contribution in [0.25, 0.3) is 0 Å².